The second kappa shape index (κ2) is 6.74. The molecule has 0 aliphatic rings. The van der Waals surface area contributed by atoms with Gasteiger partial charge in [-0.05, 0) is 39.7 Å². The van der Waals surface area contributed by atoms with Crippen LogP contribution in [0.2, 0.25) is 0 Å². The van der Waals surface area contributed by atoms with Crippen LogP contribution in [-0.4, -0.2) is 36.1 Å². The zero-order chi connectivity index (χ0) is 12.8. The Kier molecular flexibility index (Phi) is 6.41. The second-order valence-corrected chi connectivity index (χ2v) is 5.66. The molecule has 0 rings (SSSR count). The Balaban J connectivity index is 4.31. The number of hydrogen-bond donors (Lipinski definition) is 2. The van der Waals surface area contributed by atoms with Crippen molar-refractivity contribution in [3.8, 4) is 0 Å². The summed E-state index contributed by atoms with van der Waals surface area (Å²) in [4.78, 5) is 13.8. The van der Waals surface area contributed by atoms with E-state index in [4.69, 9.17) is 5.73 Å². The molecule has 2 amide bonds. The van der Waals surface area contributed by atoms with Crippen LogP contribution in [-0.2, 0) is 0 Å². The molecule has 0 aliphatic heterocycles. The highest BCUT2D eigenvalue weighted by Gasteiger charge is 2.19. The Morgan fingerprint density at radius 1 is 1.38 bits per heavy atom. The number of nitrogens with zero attached hydrogens (tertiary/aromatic N) is 1. The fourth-order valence-electron chi connectivity index (χ4n) is 1.40. The maximum Gasteiger partial charge on any atom is 0.317 e. The molecule has 4 nitrogen and oxygen atoms in total. The fourth-order valence-corrected chi connectivity index (χ4v) is 1.40. The zero-order valence-corrected chi connectivity index (χ0v) is 11.3. The summed E-state index contributed by atoms with van der Waals surface area (Å²) in [7, 11) is 0. The summed E-state index contributed by atoms with van der Waals surface area (Å²) >= 11 is 0. The monoisotopic (exact) mass is 229 g/mol. The van der Waals surface area contributed by atoms with Crippen molar-refractivity contribution in [3.63, 3.8) is 0 Å². The van der Waals surface area contributed by atoms with E-state index in [1.165, 1.54) is 0 Å². The van der Waals surface area contributed by atoms with Gasteiger partial charge in [0.1, 0.15) is 0 Å². The lowest BCUT2D eigenvalue weighted by atomic mass is 10.1. The van der Waals surface area contributed by atoms with Crippen molar-refractivity contribution >= 4 is 6.03 Å². The molecule has 0 saturated carbocycles. The first kappa shape index (κ1) is 15.2. The van der Waals surface area contributed by atoms with Crippen molar-refractivity contribution in [2.24, 2.45) is 11.7 Å². The van der Waals surface area contributed by atoms with E-state index >= 15 is 0 Å². The highest BCUT2D eigenvalue weighted by molar-refractivity contribution is 5.74. The van der Waals surface area contributed by atoms with E-state index in [2.05, 4.69) is 19.2 Å². The van der Waals surface area contributed by atoms with Crippen molar-refractivity contribution in [2.75, 3.05) is 19.6 Å². The first-order valence-electron chi connectivity index (χ1n) is 6.03. The molecule has 0 heterocycles. The minimum absolute atomic E-state index is 0.00894. The van der Waals surface area contributed by atoms with Gasteiger partial charge in [-0.25, -0.2) is 4.79 Å². The quantitative estimate of drug-likeness (QED) is 0.755. The predicted molar refractivity (Wildman–Crippen MR) is 68.4 cm³/mol. The summed E-state index contributed by atoms with van der Waals surface area (Å²) in [5.41, 5.74) is 5.29. The molecule has 0 aromatic rings. The lowest BCUT2D eigenvalue weighted by molar-refractivity contribution is 0.181. The third kappa shape index (κ3) is 7.51. The average molecular weight is 229 g/mol. The normalized spacial score (nSPS) is 11.7. The number of carbonyl (C=O) groups is 1. The van der Waals surface area contributed by atoms with Crippen LogP contribution in [0.1, 0.15) is 41.0 Å². The van der Waals surface area contributed by atoms with Crippen LogP contribution in [0.3, 0.4) is 0 Å². The molecule has 0 aromatic carbocycles. The van der Waals surface area contributed by atoms with Gasteiger partial charge >= 0.3 is 6.03 Å². The van der Waals surface area contributed by atoms with Crippen LogP contribution in [0.25, 0.3) is 0 Å². The summed E-state index contributed by atoms with van der Waals surface area (Å²) in [5, 5.41) is 2.98. The molecule has 0 aliphatic carbocycles. The molecule has 0 spiro atoms. The highest BCUT2D eigenvalue weighted by Crippen LogP contribution is 2.04. The van der Waals surface area contributed by atoms with Crippen molar-refractivity contribution in [2.45, 2.75) is 46.6 Å². The lowest BCUT2D eigenvalue weighted by Crippen LogP contribution is -2.49. The van der Waals surface area contributed by atoms with Crippen molar-refractivity contribution in [1.29, 1.82) is 0 Å². The average Bonchev–Trinajstić information content (AvgIpc) is 2.08. The fraction of sp³-hybridized carbons (Fsp3) is 0.917. The molecule has 96 valence electrons. The summed E-state index contributed by atoms with van der Waals surface area (Å²) < 4.78 is 0. The molecule has 4 heteroatoms. The van der Waals surface area contributed by atoms with Gasteiger partial charge in [0.25, 0.3) is 0 Å². The highest BCUT2D eigenvalue weighted by atomic mass is 16.2. The summed E-state index contributed by atoms with van der Waals surface area (Å²) in [6.45, 7) is 12.3. The van der Waals surface area contributed by atoms with Gasteiger partial charge in [0.15, 0.2) is 0 Å². The first-order valence-corrected chi connectivity index (χ1v) is 6.03. The van der Waals surface area contributed by atoms with E-state index in [1.807, 2.05) is 25.7 Å². The molecule has 0 saturated heterocycles. The van der Waals surface area contributed by atoms with E-state index in [0.717, 1.165) is 19.5 Å². The van der Waals surface area contributed by atoms with Crippen molar-refractivity contribution in [3.05, 3.63) is 0 Å². The summed E-state index contributed by atoms with van der Waals surface area (Å²) in [6.07, 6.45) is 0.851. The SMILES string of the molecule is CC(C)CN(CCCN)C(=O)NC(C)(C)C. The van der Waals surface area contributed by atoms with Crippen molar-refractivity contribution in [1.82, 2.24) is 10.2 Å². The third-order valence-corrected chi connectivity index (χ3v) is 1.99. The lowest BCUT2D eigenvalue weighted by Gasteiger charge is -2.29. The number of hydrogen-bond acceptors (Lipinski definition) is 2. The topological polar surface area (TPSA) is 58.4 Å². The Morgan fingerprint density at radius 2 is 1.94 bits per heavy atom. The standard InChI is InChI=1S/C12H27N3O/c1-10(2)9-15(8-6-7-13)11(16)14-12(3,4)5/h10H,6-9,13H2,1-5H3,(H,14,16). The maximum atomic E-state index is 12.0. The van der Waals surface area contributed by atoms with Crippen LogP contribution in [0.4, 0.5) is 4.79 Å². The predicted octanol–water partition coefficient (Wildman–Crippen LogP) is 1.80. The van der Waals surface area contributed by atoms with Gasteiger partial charge in [-0.1, -0.05) is 13.8 Å². The number of urea groups is 1. The molecule has 0 atom stereocenters. The molecular weight excluding hydrogens is 202 g/mol. The number of amides is 2. The summed E-state index contributed by atoms with van der Waals surface area (Å²) in [5.74, 6) is 0.475. The largest absolute Gasteiger partial charge is 0.333 e. The second-order valence-electron chi connectivity index (χ2n) is 5.66. The van der Waals surface area contributed by atoms with Gasteiger partial charge in [0.2, 0.25) is 0 Å². The smallest absolute Gasteiger partial charge is 0.317 e. The summed E-state index contributed by atoms with van der Waals surface area (Å²) in [6, 6.07) is 0.00894. The molecule has 3 N–H and O–H groups in total. The van der Waals surface area contributed by atoms with Gasteiger partial charge in [-0.3, -0.25) is 0 Å². The number of rotatable bonds is 5. The number of nitrogens with two attached hydrogens (primary N) is 1. The van der Waals surface area contributed by atoms with Gasteiger partial charge in [-0.2, -0.15) is 0 Å². The Hall–Kier alpha value is -0.770. The van der Waals surface area contributed by atoms with E-state index in [1.54, 1.807) is 0 Å². The molecule has 0 fully saturated rings. The van der Waals surface area contributed by atoms with Crippen molar-refractivity contribution < 1.29 is 4.79 Å². The minimum atomic E-state index is -0.185. The van der Waals surface area contributed by atoms with E-state index in [-0.39, 0.29) is 11.6 Å². The molecule has 0 aromatic heterocycles. The Labute approximate surface area is 99.6 Å². The van der Waals surface area contributed by atoms with Crippen LogP contribution in [0.15, 0.2) is 0 Å². The number of nitrogens with one attached hydrogen (secondary N) is 1. The van der Waals surface area contributed by atoms with Crippen LogP contribution in [0.5, 0.6) is 0 Å². The molecule has 16 heavy (non-hydrogen) atoms. The van der Waals surface area contributed by atoms with Gasteiger partial charge < -0.3 is 16.0 Å². The van der Waals surface area contributed by atoms with Gasteiger partial charge in [0, 0.05) is 18.6 Å². The first-order chi connectivity index (χ1) is 7.26. The van der Waals surface area contributed by atoms with Crippen LogP contribution in [0, 0.1) is 5.92 Å². The number of carbonyl (C=O) groups excluding carboxylic acids is 1. The molecule has 0 bridgehead atoms. The Bertz CT molecular complexity index is 209. The minimum Gasteiger partial charge on any atom is -0.333 e. The van der Waals surface area contributed by atoms with E-state index in [9.17, 15) is 4.79 Å². The molecule has 0 radical (unpaired) electrons. The van der Waals surface area contributed by atoms with E-state index < -0.39 is 0 Å². The van der Waals surface area contributed by atoms with Crippen LogP contribution >= 0.6 is 0 Å². The zero-order valence-electron chi connectivity index (χ0n) is 11.3. The molecule has 0 unspecified atom stereocenters. The maximum absolute atomic E-state index is 12.0. The molecular formula is C12H27N3O. The van der Waals surface area contributed by atoms with E-state index in [0.29, 0.717) is 12.5 Å². The van der Waals surface area contributed by atoms with Gasteiger partial charge in [0.05, 0.1) is 0 Å². The van der Waals surface area contributed by atoms with Crippen LogP contribution < -0.4 is 11.1 Å². The Morgan fingerprint density at radius 3 is 2.31 bits per heavy atom. The van der Waals surface area contributed by atoms with Gasteiger partial charge in [-0.15, -0.1) is 0 Å². The third-order valence-electron chi connectivity index (χ3n) is 1.99.